The van der Waals surface area contributed by atoms with Gasteiger partial charge in [-0.15, -0.1) is 0 Å². The first-order chi connectivity index (χ1) is 8.43. The minimum absolute atomic E-state index is 0.520. The average Bonchev–Trinajstić information content (AvgIpc) is 2.28. The molecule has 5 heteroatoms. The van der Waals surface area contributed by atoms with E-state index in [0.29, 0.717) is 5.69 Å². The topological polar surface area (TPSA) is 78.4 Å². The van der Waals surface area contributed by atoms with Gasteiger partial charge in [0.2, 0.25) is 0 Å². The molecule has 1 aromatic carbocycles. The van der Waals surface area contributed by atoms with Crippen LogP contribution in [0.15, 0.2) is 18.2 Å². The Morgan fingerprint density at radius 1 is 1.39 bits per heavy atom. The third kappa shape index (κ3) is 3.76. The van der Waals surface area contributed by atoms with Gasteiger partial charge in [-0.1, -0.05) is 13.0 Å². The van der Waals surface area contributed by atoms with Crippen LogP contribution in [0, 0.1) is 6.92 Å². The number of amides is 2. The van der Waals surface area contributed by atoms with E-state index >= 15 is 0 Å². The molecule has 0 saturated heterocycles. The van der Waals surface area contributed by atoms with Crippen molar-refractivity contribution in [2.45, 2.75) is 33.2 Å². The van der Waals surface area contributed by atoms with E-state index in [0.717, 1.165) is 12.0 Å². The van der Waals surface area contributed by atoms with Gasteiger partial charge < -0.3 is 15.7 Å². The lowest BCUT2D eigenvalue weighted by Gasteiger charge is -2.12. The van der Waals surface area contributed by atoms with Crippen LogP contribution in [-0.4, -0.2) is 23.1 Å². The lowest BCUT2D eigenvalue weighted by atomic mass is 10.1. The van der Waals surface area contributed by atoms with Gasteiger partial charge in [0.05, 0.1) is 0 Å². The molecule has 0 bridgehead atoms. The fraction of sp³-hybridized carbons (Fsp3) is 0.385. The number of hydrogen-bond donors (Lipinski definition) is 3. The van der Waals surface area contributed by atoms with Crippen molar-refractivity contribution in [3.63, 3.8) is 0 Å². The smallest absolute Gasteiger partial charge is 0.325 e. The molecule has 1 atom stereocenters. The Hall–Kier alpha value is -2.04. The van der Waals surface area contributed by atoms with Gasteiger partial charge in [-0.25, -0.2) is 4.79 Å². The Morgan fingerprint density at radius 3 is 2.56 bits per heavy atom. The molecule has 0 aliphatic rings. The van der Waals surface area contributed by atoms with Crippen LogP contribution < -0.4 is 10.6 Å². The molecule has 0 radical (unpaired) electrons. The maximum atomic E-state index is 11.5. The fourth-order valence-electron chi connectivity index (χ4n) is 1.60. The number of carboxylic acids is 1. The SMILES string of the molecule is CCc1ccc(NC(=O)N[C@@H](C)C(=O)O)cc1C. The van der Waals surface area contributed by atoms with E-state index in [-0.39, 0.29) is 0 Å². The van der Waals surface area contributed by atoms with Gasteiger partial charge in [0, 0.05) is 5.69 Å². The largest absolute Gasteiger partial charge is 0.480 e. The van der Waals surface area contributed by atoms with Crippen molar-refractivity contribution in [3.8, 4) is 0 Å². The standard InChI is InChI=1S/C13H18N2O3/c1-4-10-5-6-11(7-8(10)2)15-13(18)14-9(3)12(16)17/h5-7,9H,4H2,1-3H3,(H,16,17)(H2,14,15,18)/t9-/m0/s1. The third-order valence-electron chi connectivity index (χ3n) is 2.70. The maximum absolute atomic E-state index is 11.5. The lowest BCUT2D eigenvalue weighted by molar-refractivity contribution is -0.138. The number of anilines is 1. The monoisotopic (exact) mass is 250 g/mol. The van der Waals surface area contributed by atoms with Crippen molar-refractivity contribution in [2.24, 2.45) is 0 Å². The summed E-state index contributed by atoms with van der Waals surface area (Å²) in [5.74, 6) is -1.07. The number of aliphatic carboxylic acids is 1. The van der Waals surface area contributed by atoms with Crippen LogP contribution in [0.25, 0.3) is 0 Å². The van der Waals surface area contributed by atoms with Crippen molar-refractivity contribution in [3.05, 3.63) is 29.3 Å². The summed E-state index contributed by atoms with van der Waals surface area (Å²) in [5, 5.41) is 13.6. The Labute approximate surface area is 106 Å². The number of benzene rings is 1. The molecule has 1 rings (SSSR count). The van der Waals surface area contributed by atoms with Crippen molar-refractivity contribution >= 4 is 17.7 Å². The quantitative estimate of drug-likeness (QED) is 0.766. The van der Waals surface area contributed by atoms with Crippen LogP contribution in [0.2, 0.25) is 0 Å². The molecule has 1 aromatic rings. The lowest BCUT2D eigenvalue weighted by Crippen LogP contribution is -2.40. The van der Waals surface area contributed by atoms with E-state index < -0.39 is 18.0 Å². The van der Waals surface area contributed by atoms with Gasteiger partial charge in [0.15, 0.2) is 0 Å². The number of rotatable bonds is 4. The molecule has 0 aromatic heterocycles. The van der Waals surface area contributed by atoms with Gasteiger partial charge in [0.1, 0.15) is 6.04 Å². The highest BCUT2D eigenvalue weighted by molar-refractivity contribution is 5.92. The number of aryl methyl sites for hydroxylation is 2. The first-order valence-corrected chi connectivity index (χ1v) is 5.84. The Kier molecular flexibility index (Phi) is 4.71. The number of carbonyl (C=O) groups is 2. The first-order valence-electron chi connectivity index (χ1n) is 5.84. The summed E-state index contributed by atoms with van der Waals surface area (Å²) in [6, 6.07) is 4.18. The van der Waals surface area contributed by atoms with Gasteiger partial charge in [-0.2, -0.15) is 0 Å². The molecule has 2 amide bonds. The van der Waals surface area contributed by atoms with E-state index in [1.54, 1.807) is 6.07 Å². The highest BCUT2D eigenvalue weighted by Crippen LogP contribution is 2.15. The van der Waals surface area contributed by atoms with Gasteiger partial charge >= 0.3 is 12.0 Å². The molecule has 0 aliphatic carbocycles. The van der Waals surface area contributed by atoms with Crippen LogP contribution in [0.3, 0.4) is 0 Å². The normalized spacial score (nSPS) is 11.7. The molecular weight excluding hydrogens is 232 g/mol. The fourth-order valence-corrected chi connectivity index (χ4v) is 1.60. The van der Waals surface area contributed by atoms with E-state index in [1.807, 2.05) is 19.1 Å². The second-order valence-electron chi connectivity index (χ2n) is 4.15. The van der Waals surface area contributed by atoms with Crippen LogP contribution in [0.5, 0.6) is 0 Å². The van der Waals surface area contributed by atoms with Crippen molar-refractivity contribution < 1.29 is 14.7 Å². The zero-order valence-corrected chi connectivity index (χ0v) is 10.8. The number of urea groups is 1. The molecule has 18 heavy (non-hydrogen) atoms. The molecule has 0 spiro atoms. The molecule has 3 N–H and O–H groups in total. The van der Waals surface area contributed by atoms with Crippen LogP contribution >= 0.6 is 0 Å². The summed E-state index contributed by atoms with van der Waals surface area (Å²) in [6.07, 6.45) is 0.939. The minimum atomic E-state index is -1.07. The van der Waals surface area contributed by atoms with E-state index in [2.05, 4.69) is 17.6 Å². The second kappa shape index (κ2) is 6.05. The molecule has 0 fully saturated rings. The first kappa shape index (κ1) is 14.0. The van der Waals surface area contributed by atoms with Crippen molar-refractivity contribution in [1.29, 1.82) is 0 Å². The maximum Gasteiger partial charge on any atom is 0.325 e. The zero-order valence-electron chi connectivity index (χ0n) is 10.8. The molecule has 0 aliphatic heterocycles. The predicted octanol–water partition coefficient (Wildman–Crippen LogP) is 2.15. The van der Waals surface area contributed by atoms with Gasteiger partial charge in [-0.3, -0.25) is 4.79 Å². The number of carboxylic acid groups (broad SMARTS) is 1. The van der Waals surface area contributed by atoms with Crippen molar-refractivity contribution in [2.75, 3.05) is 5.32 Å². The molecule has 0 heterocycles. The summed E-state index contributed by atoms with van der Waals surface area (Å²) in [4.78, 5) is 22.1. The Balaban J connectivity index is 2.65. The number of carbonyl (C=O) groups excluding carboxylic acids is 1. The molecule has 98 valence electrons. The number of nitrogens with one attached hydrogen (secondary N) is 2. The van der Waals surface area contributed by atoms with Crippen LogP contribution in [0.4, 0.5) is 10.5 Å². The van der Waals surface area contributed by atoms with E-state index in [4.69, 9.17) is 5.11 Å². The predicted molar refractivity (Wildman–Crippen MR) is 69.8 cm³/mol. The van der Waals surface area contributed by atoms with E-state index in [9.17, 15) is 9.59 Å². The third-order valence-corrected chi connectivity index (χ3v) is 2.70. The second-order valence-corrected chi connectivity index (χ2v) is 4.15. The highest BCUT2D eigenvalue weighted by Gasteiger charge is 2.13. The summed E-state index contributed by atoms with van der Waals surface area (Å²) in [5.41, 5.74) is 2.97. The molecule has 0 unspecified atom stereocenters. The van der Waals surface area contributed by atoms with E-state index in [1.165, 1.54) is 12.5 Å². The Bertz CT molecular complexity index is 458. The molecular formula is C13H18N2O3. The van der Waals surface area contributed by atoms with Crippen LogP contribution in [0.1, 0.15) is 25.0 Å². The summed E-state index contributed by atoms with van der Waals surface area (Å²) >= 11 is 0. The molecule has 0 saturated carbocycles. The van der Waals surface area contributed by atoms with Crippen LogP contribution in [-0.2, 0) is 11.2 Å². The summed E-state index contributed by atoms with van der Waals surface area (Å²) < 4.78 is 0. The van der Waals surface area contributed by atoms with Gasteiger partial charge in [0.25, 0.3) is 0 Å². The van der Waals surface area contributed by atoms with Crippen molar-refractivity contribution in [1.82, 2.24) is 5.32 Å². The van der Waals surface area contributed by atoms with Gasteiger partial charge in [-0.05, 0) is 43.5 Å². The summed E-state index contributed by atoms with van der Waals surface area (Å²) in [7, 11) is 0. The average molecular weight is 250 g/mol. The minimum Gasteiger partial charge on any atom is -0.480 e. The highest BCUT2D eigenvalue weighted by atomic mass is 16.4. The number of hydrogen-bond acceptors (Lipinski definition) is 2. The summed E-state index contributed by atoms with van der Waals surface area (Å²) in [6.45, 7) is 5.45. The Morgan fingerprint density at radius 2 is 2.06 bits per heavy atom. The molecule has 5 nitrogen and oxygen atoms in total. The zero-order chi connectivity index (χ0) is 13.7.